The van der Waals surface area contributed by atoms with Crippen LogP contribution in [0.3, 0.4) is 0 Å². The molecule has 0 spiro atoms. The highest BCUT2D eigenvalue weighted by molar-refractivity contribution is 8.76. The summed E-state index contributed by atoms with van der Waals surface area (Å²) in [5.74, 6) is 7.41. The lowest BCUT2D eigenvalue weighted by molar-refractivity contribution is -0.136. The zero-order chi connectivity index (χ0) is 18.5. The maximum atomic E-state index is 11.4. The summed E-state index contributed by atoms with van der Waals surface area (Å²) in [4.78, 5) is 44.5. The molecule has 0 radical (unpaired) electrons. The van der Waals surface area contributed by atoms with E-state index in [1.54, 1.807) is 10.9 Å². The lowest BCUT2D eigenvalue weighted by atomic mass is 10.4. The number of carbonyl (C=O) groups is 4. The molecule has 0 aromatic heterocycles. The predicted molar refractivity (Wildman–Crippen MR) is 87.1 cm³/mol. The van der Waals surface area contributed by atoms with Gasteiger partial charge in [0.25, 0.3) is 11.8 Å². The zero-order valence-corrected chi connectivity index (χ0v) is 14.1. The second-order valence-corrected chi connectivity index (χ2v) is 6.80. The van der Waals surface area contributed by atoms with Crippen molar-refractivity contribution in [3.05, 3.63) is 0 Å². The van der Waals surface area contributed by atoms with Crippen molar-refractivity contribution in [2.45, 2.75) is 25.3 Å². The number of rotatable bonds is 11. The van der Waals surface area contributed by atoms with Gasteiger partial charge in [0.2, 0.25) is 24.3 Å². The maximum absolute atomic E-state index is 11.4. The highest BCUT2D eigenvalue weighted by Crippen LogP contribution is 2.22. The minimum atomic E-state index is -1.71. The third-order valence-electron chi connectivity index (χ3n) is 2.28. The number of carbonyl (C=O) groups excluding carboxylic acids is 4. The third kappa shape index (κ3) is 10.2. The Kier molecular flexibility index (Phi) is 12.0. The van der Waals surface area contributed by atoms with Gasteiger partial charge in [-0.1, -0.05) is 21.6 Å². The largest absolute Gasteiger partial charge is 0.365 e. The van der Waals surface area contributed by atoms with Crippen LogP contribution in [-0.2, 0) is 19.2 Å². The van der Waals surface area contributed by atoms with Crippen LogP contribution in [0.25, 0.3) is 0 Å². The standard InChI is InChI=1S/C10H20N6O6S2/c11-15-9(21)7(19)13-5(17)1-3-23-24-4-2-6(18)14-8(20)10(22)16-12/h7-8,19-20H,1-4,11-12H2,(H,13,17)(H,14,18)(H,15,21)(H,16,22). The summed E-state index contributed by atoms with van der Waals surface area (Å²) in [7, 11) is 2.60. The van der Waals surface area contributed by atoms with E-state index in [9.17, 15) is 29.4 Å². The third-order valence-corrected chi connectivity index (χ3v) is 4.69. The molecule has 0 aromatic rings. The Morgan fingerprint density at radius 1 is 0.792 bits per heavy atom. The number of hydrazine groups is 2. The Balaban J connectivity index is 3.70. The van der Waals surface area contributed by atoms with Crippen molar-refractivity contribution in [2.24, 2.45) is 11.7 Å². The highest BCUT2D eigenvalue weighted by atomic mass is 33.1. The molecule has 24 heavy (non-hydrogen) atoms. The molecule has 0 saturated heterocycles. The van der Waals surface area contributed by atoms with E-state index in [-0.39, 0.29) is 12.8 Å². The van der Waals surface area contributed by atoms with Gasteiger partial charge < -0.3 is 20.8 Å². The average Bonchev–Trinajstić information content (AvgIpc) is 2.55. The zero-order valence-electron chi connectivity index (χ0n) is 12.5. The smallest absolute Gasteiger partial charge is 0.283 e. The maximum Gasteiger partial charge on any atom is 0.283 e. The summed E-state index contributed by atoms with van der Waals surface area (Å²) >= 11 is 0. The van der Waals surface area contributed by atoms with Gasteiger partial charge in [0.1, 0.15) is 0 Å². The quantitative estimate of drug-likeness (QED) is 0.0432. The van der Waals surface area contributed by atoms with Crippen LogP contribution >= 0.6 is 21.6 Å². The van der Waals surface area contributed by atoms with Crippen molar-refractivity contribution in [2.75, 3.05) is 11.5 Å². The van der Waals surface area contributed by atoms with Crippen molar-refractivity contribution >= 4 is 45.2 Å². The van der Waals surface area contributed by atoms with Crippen molar-refractivity contribution in [1.82, 2.24) is 21.5 Å². The van der Waals surface area contributed by atoms with Crippen LogP contribution in [-0.4, -0.2) is 57.8 Å². The minimum Gasteiger partial charge on any atom is -0.365 e. The van der Waals surface area contributed by atoms with E-state index < -0.39 is 36.1 Å². The van der Waals surface area contributed by atoms with Crippen LogP contribution in [0.4, 0.5) is 0 Å². The Labute approximate surface area is 145 Å². The molecular formula is C10H20N6O6S2. The fourth-order valence-corrected chi connectivity index (χ4v) is 3.11. The van der Waals surface area contributed by atoms with Crippen molar-refractivity contribution in [3.8, 4) is 0 Å². The van der Waals surface area contributed by atoms with Crippen LogP contribution < -0.4 is 33.2 Å². The van der Waals surface area contributed by atoms with Crippen molar-refractivity contribution < 1.29 is 29.4 Å². The molecule has 0 saturated carbocycles. The van der Waals surface area contributed by atoms with E-state index in [0.29, 0.717) is 11.5 Å². The predicted octanol–water partition coefficient (Wildman–Crippen LogP) is -4.00. The number of hydrogen-bond donors (Lipinski definition) is 8. The fourth-order valence-electron chi connectivity index (χ4n) is 1.12. The second kappa shape index (κ2) is 12.8. The first-order valence-electron chi connectivity index (χ1n) is 6.52. The first kappa shape index (κ1) is 22.4. The van der Waals surface area contributed by atoms with Crippen LogP contribution in [0.1, 0.15) is 12.8 Å². The summed E-state index contributed by atoms with van der Waals surface area (Å²) in [5, 5.41) is 22.4. The van der Waals surface area contributed by atoms with Gasteiger partial charge >= 0.3 is 0 Å². The Hall–Kier alpha value is -1.58. The monoisotopic (exact) mass is 384 g/mol. The van der Waals surface area contributed by atoms with Gasteiger partial charge in [0, 0.05) is 24.3 Å². The summed E-state index contributed by atoms with van der Waals surface area (Å²) in [5.41, 5.74) is 3.38. The average molecular weight is 384 g/mol. The van der Waals surface area contributed by atoms with E-state index >= 15 is 0 Å². The lowest BCUT2D eigenvalue weighted by Gasteiger charge is -2.11. The number of aliphatic hydroxyl groups excluding tert-OH is 2. The summed E-state index contributed by atoms with van der Waals surface area (Å²) < 4.78 is 0. The molecule has 2 atom stereocenters. The van der Waals surface area contributed by atoms with Crippen molar-refractivity contribution in [1.29, 1.82) is 0 Å². The molecule has 0 bridgehead atoms. The van der Waals surface area contributed by atoms with Crippen LogP contribution in [0, 0.1) is 0 Å². The molecule has 0 aliphatic rings. The van der Waals surface area contributed by atoms with Gasteiger partial charge in [-0.05, 0) is 0 Å². The fraction of sp³-hybridized carbons (Fsp3) is 0.600. The van der Waals surface area contributed by atoms with E-state index in [1.807, 2.05) is 10.6 Å². The van der Waals surface area contributed by atoms with Gasteiger partial charge in [0.05, 0.1) is 0 Å². The van der Waals surface area contributed by atoms with E-state index in [2.05, 4.69) is 0 Å². The van der Waals surface area contributed by atoms with Gasteiger partial charge in [-0.3, -0.25) is 30.0 Å². The Morgan fingerprint density at radius 3 is 1.42 bits per heavy atom. The van der Waals surface area contributed by atoms with Crippen LogP contribution in [0.5, 0.6) is 0 Å². The van der Waals surface area contributed by atoms with Gasteiger partial charge in [-0.2, -0.15) is 0 Å². The molecule has 0 heterocycles. The number of nitrogens with two attached hydrogens (primary N) is 2. The lowest BCUT2D eigenvalue weighted by Crippen LogP contribution is -2.48. The molecule has 10 N–H and O–H groups in total. The molecule has 0 aromatic carbocycles. The summed E-state index contributed by atoms with van der Waals surface area (Å²) in [6.45, 7) is 0. The highest BCUT2D eigenvalue weighted by Gasteiger charge is 2.17. The SMILES string of the molecule is NNC(=O)C(O)NC(=O)CCSSCCC(=O)NC(O)C(=O)NN. The first-order valence-corrected chi connectivity index (χ1v) is 9.00. The first-order chi connectivity index (χ1) is 11.3. The molecule has 12 nitrogen and oxygen atoms in total. The van der Waals surface area contributed by atoms with Crippen molar-refractivity contribution in [3.63, 3.8) is 0 Å². The van der Waals surface area contributed by atoms with Gasteiger partial charge in [0.15, 0.2) is 0 Å². The normalized spacial score (nSPS) is 12.7. The van der Waals surface area contributed by atoms with E-state index in [1.165, 1.54) is 21.6 Å². The molecular weight excluding hydrogens is 364 g/mol. The molecule has 0 rings (SSSR count). The minimum absolute atomic E-state index is 0.0498. The van der Waals surface area contributed by atoms with E-state index in [0.717, 1.165) is 0 Å². The van der Waals surface area contributed by atoms with Gasteiger partial charge in [-0.15, -0.1) is 0 Å². The number of nitrogens with one attached hydrogen (secondary N) is 4. The summed E-state index contributed by atoms with van der Waals surface area (Å²) in [6, 6.07) is 0. The Bertz CT molecular complexity index is 414. The molecule has 4 amide bonds. The van der Waals surface area contributed by atoms with Crippen LogP contribution in [0.2, 0.25) is 0 Å². The number of amides is 4. The second-order valence-electron chi connectivity index (χ2n) is 4.10. The van der Waals surface area contributed by atoms with Gasteiger partial charge in [-0.25, -0.2) is 11.7 Å². The molecule has 2 unspecified atom stereocenters. The molecule has 14 heteroatoms. The molecule has 0 aliphatic heterocycles. The molecule has 0 aliphatic carbocycles. The topological polar surface area (TPSA) is 209 Å². The Morgan fingerprint density at radius 2 is 1.12 bits per heavy atom. The number of aliphatic hydroxyl groups is 2. The molecule has 138 valence electrons. The summed E-state index contributed by atoms with van der Waals surface area (Å²) in [6.07, 6.45) is -3.32. The number of hydrogen-bond acceptors (Lipinski definition) is 10. The molecule has 0 fully saturated rings. The van der Waals surface area contributed by atoms with Crippen LogP contribution in [0.15, 0.2) is 0 Å². The van der Waals surface area contributed by atoms with E-state index in [4.69, 9.17) is 11.7 Å².